The monoisotopic (exact) mass is 373 g/mol. The van der Waals surface area contributed by atoms with E-state index in [1.807, 2.05) is 30.5 Å². The van der Waals surface area contributed by atoms with Crippen molar-refractivity contribution in [3.63, 3.8) is 0 Å². The van der Waals surface area contributed by atoms with Crippen LogP contribution < -0.4 is 15.5 Å². The first kappa shape index (κ1) is 17.2. The van der Waals surface area contributed by atoms with Crippen LogP contribution in [0.3, 0.4) is 0 Å². The number of anilines is 1. The number of amides is 3. The molecule has 138 valence electrons. The molecule has 4 rings (SSSR count). The molecule has 2 aliphatic rings. The number of carbonyl (C=O) groups is 2. The Kier molecular flexibility index (Phi) is 4.76. The fourth-order valence-corrected chi connectivity index (χ4v) is 3.71. The highest BCUT2D eigenvalue weighted by molar-refractivity contribution is 7.98. The maximum Gasteiger partial charge on any atom is 0.324 e. The lowest BCUT2D eigenvalue weighted by Crippen LogP contribution is -2.51. The summed E-state index contributed by atoms with van der Waals surface area (Å²) >= 11 is 1.67. The summed E-state index contributed by atoms with van der Waals surface area (Å²) in [5.41, 5.74) is 1.91. The molecule has 0 spiro atoms. The normalized spacial score (nSPS) is 17.2. The largest absolute Gasteiger partial charge is 0.352 e. The Balaban J connectivity index is 1.49. The average Bonchev–Trinajstić information content (AvgIpc) is 3.23. The number of urea groups is 1. The number of nitrogens with one attached hydrogen (secondary N) is 2. The summed E-state index contributed by atoms with van der Waals surface area (Å²) < 4.78 is 2.05. The third-order valence-electron chi connectivity index (χ3n) is 4.82. The maximum absolute atomic E-state index is 12.8. The van der Waals surface area contributed by atoms with Crippen LogP contribution in [0.15, 0.2) is 24.3 Å². The Morgan fingerprint density at radius 2 is 2.12 bits per heavy atom. The number of carbonyl (C=O) groups excluding carboxylic acids is 2. The molecule has 3 amide bonds. The van der Waals surface area contributed by atoms with E-state index in [4.69, 9.17) is 0 Å². The van der Waals surface area contributed by atoms with Gasteiger partial charge in [-0.2, -0.15) is 11.8 Å². The molecule has 26 heavy (non-hydrogen) atoms. The van der Waals surface area contributed by atoms with Crippen LogP contribution in [0.2, 0.25) is 0 Å². The molecule has 1 aliphatic carbocycles. The van der Waals surface area contributed by atoms with Crippen LogP contribution in [0.4, 0.5) is 10.7 Å². The molecule has 1 aliphatic heterocycles. The molecule has 0 bridgehead atoms. The molecule has 1 atom stereocenters. The standard InChI is InChI=1S/C18H23N5O2S/c1-26-11-8-14(16(24)19-12-6-7-12)21-18(25)23-10-9-22-15-5-3-2-4-13(15)20-17(22)23/h2-5,12,14H,6-11H2,1H3,(H,19,24)(H,21,25). The third kappa shape index (κ3) is 3.38. The highest BCUT2D eigenvalue weighted by Crippen LogP contribution is 2.27. The van der Waals surface area contributed by atoms with Gasteiger partial charge in [-0.15, -0.1) is 0 Å². The van der Waals surface area contributed by atoms with Gasteiger partial charge in [0.25, 0.3) is 0 Å². The topological polar surface area (TPSA) is 79.3 Å². The molecule has 7 nitrogen and oxygen atoms in total. The second-order valence-corrected chi connectivity index (χ2v) is 7.76. The molecule has 1 fully saturated rings. The fourth-order valence-electron chi connectivity index (χ4n) is 3.24. The molecule has 2 heterocycles. The van der Waals surface area contributed by atoms with Crippen LogP contribution in [0.1, 0.15) is 19.3 Å². The summed E-state index contributed by atoms with van der Waals surface area (Å²) in [4.78, 5) is 31.5. The molecule has 1 aromatic carbocycles. The van der Waals surface area contributed by atoms with E-state index in [1.165, 1.54) is 0 Å². The first-order valence-electron chi connectivity index (χ1n) is 9.00. The second-order valence-electron chi connectivity index (χ2n) is 6.77. The zero-order valence-corrected chi connectivity index (χ0v) is 15.6. The lowest BCUT2D eigenvalue weighted by atomic mass is 10.2. The highest BCUT2D eigenvalue weighted by Gasteiger charge is 2.32. The van der Waals surface area contributed by atoms with Crippen molar-refractivity contribution in [1.29, 1.82) is 0 Å². The Hall–Kier alpha value is -2.22. The summed E-state index contributed by atoms with van der Waals surface area (Å²) in [7, 11) is 0. The van der Waals surface area contributed by atoms with Gasteiger partial charge in [0.1, 0.15) is 6.04 Å². The van der Waals surface area contributed by atoms with E-state index in [0.717, 1.165) is 29.6 Å². The number of benzene rings is 1. The minimum Gasteiger partial charge on any atom is -0.352 e. The smallest absolute Gasteiger partial charge is 0.324 e. The third-order valence-corrected chi connectivity index (χ3v) is 5.46. The Bertz CT molecular complexity index is 832. The average molecular weight is 373 g/mol. The number of fused-ring (bicyclic) bond motifs is 3. The van der Waals surface area contributed by atoms with Gasteiger partial charge < -0.3 is 15.2 Å². The molecular formula is C18H23N5O2S. The van der Waals surface area contributed by atoms with Crippen LogP contribution >= 0.6 is 11.8 Å². The lowest BCUT2D eigenvalue weighted by Gasteiger charge is -2.21. The van der Waals surface area contributed by atoms with E-state index in [1.54, 1.807) is 16.7 Å². The van der Waals surface area contributed by atoms with Crippen LogP contribution in [0, 0.1) is 0 Å². The van der Waals surface area contributed by atoms with Crippen molar-refractivity contribution in [3.8, 4) is 0 Å². The van der Waals surface area contributed by atoms with Crippen molar-refractivity contribution in [2.24, 2.45) is 0 Å². The second kappa shape index (κ2) is 7.19. The van der Waals surface area contributed by atoms with Gasteiger partial charge in [0.2, 0.25) is 11.9 Å². The zero-order chi connectivity index (χ0) is 18.1. The van der Waals surface area contributed by atoms with E-state index in [-0.39, 0.29) is 18.0 Å². The van der Waals surface area contributed by atoms with E-state index >= 15 is 0 Å². The van der Waals surface area contributed by atoms with Gasteiger partial charge in [0.05, 0.1) is 11.0 Å². The van der Waals surface area contributed by atoms with Gasteiger partial charge in [-0.25, -0.2) is 9.78 Å². The Labute approximate surface area is 156 Å². The van der Waals surface area contributed by atoms with Crippen molar-refractivity contribution in [2.75, 3.05) is 23.5 Å². The minimum absolute atomic E-state index is 0.0809. The predicted molar refractivity (Wildman–Crippen MR) is 104 cm³/mol. The summed E-state index contributed by atoms with van der Waals surface area (Å²) in [5.74, 6) is 1.39. The van der Waals surface area contributed by atoms with Crippen LogP contribution in [0.25, 0.3) is 11.0 Å². The molecule has 0 radical (unpaired) electrons. The number of hydrogen-bond acceptors (Lipinski definition) is 4. The highest BCUT2D eigenvalue weighted by atomic mass is 32.2. The SMILES string of the molecule is CSCCC(NC(=O)N1CCn2c1nc1ccccc12)C(=O)NC1CC1. The summed E-state index contributed by atoms with van der Waals surface area (Å²) in [6.07, 6.45) is 4.69. The Morgan fingerprint density at radius 3 is 2.88 bits per heavy atom. The number of imidazole rings is 1. The van der Waals surface area contributed by atoms with Crippen LogP contribution in [-0.4, -0.2) is 52.1 Å². The van der Waals surface area contributed by atoms with Crippen molar-refractivity contribution in [3.05, 3.63) is 24.3 Å². The molecule has 2 N–H and O–H groups in total. The summed E-state index contributed by atoms with van der Waals surface area (Å²) in [6, 6.07) is 7.40. The number of aromatic nitrogens is 2. The van der Waals surface area contributed by atoms with Gasteiger partial charge in [-0.1, -0.05) is 12.1 Å². The van der Waals surface area contributed by atoms with Gasteiger partial charge >= 0.3 is 6.03 Å². The number of para-hydroxylation sites is 2. The number of hydrogen-bond donors (Lipinski definition) is 2. The first-order valence-corrected chi connectivity index (χ1v) is 10.4. The van der Waals surface area contributed by atoms with Gasteiger partial charge in [-0.05, 0) is 43.4 Å². The predicted octanol–water partition coefficient (Wildman–Crippen LogP) is 1.97. The number of thioether (sulfide) groups is 1. The number of nitrogens with zero attached hydrogens (tertiary/aromatic N) is 3. The maximum atomic E-state index is 12.8. The van der Waals surface area contributed by atoms with Gasteiger partial charge in [-0.3, -0.25) is 9.69 Å². The molecule has 0 saturated heterocycles. The van der Waals surface area contributed by atoms with Crippen molar-refractivity contribution in [1.82, 2.24) is 20.2 Å². The molecule has 1 saturated carbocycles. The summed E-state index contributed by atoms with van der Waals surface area (Å²) in [5, 5.41) is 5.92. The van der Waals surface area contributed by atoms with Crippen molar-refractivity contribution < 1.29 is 9.59 Å². The summed E-state index contributed by atoms with van der Waals surface area (Å²) in [6.45, 7) is 1.28. The lowest BCUT2D eigenvalue weighted by molar-refractivity contribution is -0.123. The first-order chi connectivity index (χ1) is 12.7. The zero-order valence-electron chi connectivity index (χ0n) is 14.8. The van der Waals surface area contributed by atoms with E-state index in [9.17, 15) is 9.59 Å². The minimum atomic E-state index is -0.506. The Morgan fingerprint density at radius 1 is 1.31 bits per heavy atom. The molecule has 2 aromatic rings. The van der Waals surface area contributed by atoms with Crippen LogP contribution in [0.5, 0.6) is 0 Å². The van der Waals surface area contributed by atoms with E-state index < -0.39 is 6.04 Å². The van der Waals surface area contributed by atoms with Gasteiger partial charge in [0.15, 0.2) is 0 Å². The van der Waals surface area contributed by atoms with E-state index in [2.05, 4.69) is 20.2 Å². The van der Waals surface area contributed by atoms with E-state index in [0.29, 0.717) is 25.5 Å². The van der Waals surface area contributed by atoms with Gasteiger partial charge in [0, 0.05) is 19.1 Å². The molecular weight excluding hydrogens is 350 g/mol. The number of rotatable bonds is 6. The molecule has 8 heteroatoms. The molecule has 1 unspecified atom stereocenters. The van der Waals surface area contributed by atoms with Crippen molar-refractivity contribution >= 4 is 40.7 Å². The fraction of sp³-hybridized carbons (Fsp3) is 0.500. The quantitative estimate of drug-likeness (QED) is 0.811. The van der Waals surface area contributed by atoms with Crippen molar-refractivity contribution in [2.45, 2.75) is 37.9 Å². The van der Waals surface area contributed by atoms with Crippen LogP contribution in [-0.2, 0) is 11.3 Å². The molecule has 1 aromatic heterocycles.